The van der Waals surface area contributed by atoms with Crippen LogP contribution in [0.4, 0.5) is 0 Å². The Kier molecular flexibility index (Phi) is 12.3. The van der Waals surface area contributed by atoms with Gasteiger partial charge in [-0.2, -0.15) is 0 Å². The molecule has 7 N–H and O–H groups in total. The first-order valence-electron chi connectivity index (χ1n) is 12.1. The Bertz CT molecular complexity index is 831. The molecule has 13 heteroatoms. The van der Waals surface area contributed by atoms with Crippen molar-refractivity contribution in [2.75, 3.05) is 13.1 Å². The minimum absolute atomic E-state index is 0.0383. The number of aliphatic carboxylic acids is 2. The number of carboxylic acids is 2. The van der Waals surface area contributed by atoms with Crippen LogP contribution in [0.5, 0.6) is 0 Å². The first-order chi connectivity index (χ1) is 16.7. The number of carbonyl (C=O) groups excluding carboxylic acids is 4. The van der Waals surface area contributed by atoms with Gasteiger partial charge in [0, 0.05) is 6.54 Å². The number of carboxylic acid groups (broad SMARTS) is 2. The highest BCUT2D eigenvalue weighted by molar-refractivity contribution is 5.95. The van der Waals surface area contributed by atoms with Crippen LogP contribution in [0.3, 0.4) is 0 Å². The predicted molar refractivity (Wildman–Crippen MR) is 128 cm³/mol. The molecule has 0 aromatic heterocycles. The van der Waals surface area contributed by atoms with Crippen LogP contribution in [-0.2, 0) is 28.8 Å². The molecule has 0 saturated carbocycles. The molecule has 0 radical (unpaired) electrons. The molecule has 0 spiro atoms. The minimum atomic E-state index is -1.49. The SMILES string of the molecule is CC(C)C[C@H](NC(=O)[C@@H](N)CC(C)C)C(=O)NCC(=O)N[C@@H](CC(=O)O)C(=O)N1CCC[C@H]1C(=O)O. The third-order valence-corrected chi connectivity index (χ3v) is 5.66. The molecular weight excluding hydrogens is 474 g/mol. The zero-order valence-corrected chi connectivity index (χ0v) is 21.3. The minimum Gasteiger partial charge on any atom is -0.481 e. The lowest BCUT2D eigenvalue weighted by molar-refractivity contribution is -0.150. The molecule has 13 nitrogen and oxygen atoms in total. The Labute approximate surface area is 210 Å². The molecule has 0 aromatic rings. The van der Waals surface area contributed by atoms with Crippen LogP contribution in [0.2, 0.25) is 0 Å². The molecule has 0 bridgehead atoms. The summed E-state index contributed by atoms with van der Waals surface area (Å²) < 4.78 is 0. The Hall–Kier alpha value is -3.22. The van der Waals surface area contributed by atoms with Crippen LogP contribution in [0.25, 0.3) is 0 Å². The van der Waals surface area contributed by atoms with E-state index >= 15 is 0 Å². The summed E-state index contributed by atoms with van der Waals surface area (Å²) in [5.41, 5.74) is 5.89. The Morgan fingerprint density at radius 3 is 2.06 bits per heavy atom. The van der Waals surface area contributed by atoms with Gasteiger partial charge in [0.15, 0.2) is 0 Å². The topological polar surface area (TPSA) is 208 Å². The smallest absolute Gasteiger partial charge is 0.326 e. The molecule has 4 amide bonds. The second-order valence-corrected chi connectivity index (χ2v) is 9.89. The van der Waals surface area contributed by atoms with Crippen molar-refractivity contribution in [3.63, 3.8) is 0 Å². The monoisotopic (exact) mass is 513 g/mol. The maximum absolute atomic E-state index is 12.8. The fourth-order valence-electron chi connectivity index (χ4n) is 3.99. The van der Waals surface area contributed by atoms with Gasteiger partial charge in [0.05, 0.1) is 19.0 Å². The molecule has 4 atom stereocenters. The number of carbonyl (C=O) groups is 6. The molecule has 0 unspecified atom stereocenters. The number of nitrogens with two attached hydrogens (primary N) is 1. The Balaban J connectivity index is 2.79. The molecule has 204 valence electrons. The van der Waals surface area contributed by atoms with E-state index in [1.807, 2.05) is 27.7 Å². The summed E-state index contributed by atoms with van der Waals surface area (Å²) in [4.78, 5) is 74.0. The number of nitrogens with one attached hydrogen (secondary N) is 3. The number of nitrogens with zero attached hydrogens (tertiary/aromatic N) is 1. The van der Waals surface area contributed by atoms with Gasteiger partial charge in [0.25, 0.3) is 0 Å². The summed E-state index contributed by atoms with van der Waals surface area (Å²) in [5.74, 6) is -5.11. The zero-order valence-electron chi connectivity index (χ0n) is 21.3. The maximum atomic E-state index is 12.8. The van der Waals surface area contributed by atoms with E-state index in [-0.39, 0.29) is 24.8 Å². The van der Waals surface area contributed by atoms with Crippen molar-refractivity contribution >= 4 is 35.6 Å². The fraction of sp³-hybridized carbons (Fsp3) is 0.739. The lowest BCUT2D eigenvalue weighted by Gasteiger charge is -2.27. The van der Waals surface area contributed by atoms with E-state index in [9.17, 15) is 33.9 Å². The van der Waals surface area contributed by atoms with Crippen LogP contribution in [0.15, 0.2) is 0 Å². The van der Waals surface area contributed by atoms with Crippen molar-refractivity contribution in [3.05, 3.63) is 0 Å². The first kappa shape index (κ1) is 30.8. The third-order valence-electron chi connectivity index (χ3n) is 5.66. The van der Waals surface area contributed by atoms with Crippen molar-refractivity contribution in [2.45, 2.75) is 84.0 Å². The van der Waals surface area contributed by atoms with E-state index in [0.29, 0.717) is 19.3 Å². The summed E-state index contributed by atoms with van der Waals surface area (Å²) in [7, 11) is 0. The molecule has 1 rings (SSSR count). The number of hydrogen-bond donors (Lipinski definition) is 6. The fourth-order valence-corrected chi connectivity index (χ4v) is 3.99. The quantitative estimate of drug-likeness (QED) is 0.169. The van der Waals surface area contributed by atoms with Gasteiger partial charge >= 0.3 is 11.9 Å². The van der Waals surface area contributed by atoms with Gasteiger partial charge in [-0.3, -0.25) is 24.0 Å². The van der Waals surface area contributed by atoms with Gasteiger partial charge in [-0.05, 0) is 37.5 Å². The summed E-state index contributed by atoms with van der Waals surface area (Å²) in [5, 5.41) is 25.7. The van der Waals surface area contributed by atoms with Gasteiger partial charge in [0.1, 0.15) is 18.1 Å². The highest BCUT2D eigenvalue weighted by Gasteiger charge is 2.38. The lowest BCUT2D eigenvalue weighted by atomic mass is 10.0. The summed E-state index contributed by atoms with van der Waals surface area (Å²) in [6.07, 6.45) is 0.647. The number of rotatable bonds is 14. The third kappa shape index (κ3) is 10.2. The normalized spacial score (nSPS) is 17.9. The van der Waals surface area contributed by atoms with Gasteiger partial charge in [-0.15, -0.1) is 0 Å². The maximum Gasteiger partial charge on any atom is 0.326 e. The predicted octanol–water partition coefficient (Wildman–Crippen LogP) is -0.958. The highest BCUT2D eigenvalue weighted by atomic mass is 16.4. The van der Waals surface area contributed by atoms with Gasteiger partial charge < -0.3 is 36.8 Å². The number of hydrogen-bond acceptors (Lipinski definition) is 7. The molecule has 1 aliphatic heterocycles. The van der Waals surface area contributed by atoms with Crippen LogP contribution in [0.1, 0.15) is 59.8 Å². The van der Waals surface area contributed by atoms with E-state index in [0.717, 1.165) is 4.90 Å². The van der Waals surface area contributed by atoms with Gasteiger partial charge in [0.2, 0.25) is 23.6 Å². The van der Waals surface area contributed by atoms with Crippen molar-refractivity contribution in [1.82, 2.24) is 20.9 Å². The molecule has 1 aliphatic rings. The molecule has 1 fully saturated rings. The molecule has 1 heterocycles. The van der Waals surface area contributed by atoms with Gasteiger partial charge in [-0.25, -0.2) is 4.79 Å². The van der Waals surface area contributed by atoms with E-state index < -0.39 is 72.7 Å². The number of amides is 4. The second-order valence-electron chi connectivity index (χ2n) is 9.89. The van der Waals surface area contributed by atoms with E-state index in [1.165, 1.54) is 0 Å². The molecule has 0 aromatic carbocycles. The second kappa shape index (κ2) is 14.4. The van der Waals surface area contributed by atoms with Crippen molar-refractivity contribution in [1.29, 1.82) is 0 Å². The molecule has 1 saturated heterocycles. The van der Waals surface area contributed by atoms with Gasteiger partial charge in [-0.1, -0.05) is 27.7 Å². The Morgan fingerprint density at radius 1 is 0.917 bits per heavy atom. The summed E-state index contributed by atoms with van der Waals surface area (Å²) in [6, 6.07) is -4.32. The highest BCUT2D eigenvalue weighted by Crippen LogP contribution is 2.19. The van der Waals surface area contributed by atoms with Crippen LogP contribution < -0.4 is 21.7 Å². The average molecular weight is 514 g/mol. The van der Waals surface area contributed by atoms with Crippen molar-refractivity contribution < 1.29 is 39.0 Å². The van der Waals surface area contributed by atoms with Crippen molar-refractivity contribution in [2.24, 2.45) is 17.6 Å². The molecule has 0 aliphatic carbocycles. The number of likely N-dealkylation sites (tertiary alicyclic amines) is 1. The van der Waals surface area contributed by atoms with E-state index in [2.05, 4.69) is 16.0 Å². The lowest BCUT2D eigenvalue weighted by Crippen LogP contribution is -2.55. The largest absolute Gasteiger partial charge is 0.481 e. The molecular formula is C23H39N5O8. The summed E-state index contributed by atoms with van der Waals surface area (Å²) >= 11 is 0. The molecule has 36 heavy (non-hydrogen) atoms. The first-order valence-corrected chi connectivity index (χ1v) is 12.1. The van der Waals surface area contributed by atoms with Crippen LogP contribution in [-0.4, -0.2) is 87.9 Å². The standard InChI is InChI=1S/C23H39N5O8/c1-12(2)8-14(24)20(32)27-15(9-13(3)4)21(33)25-11-18(29)26-16(10-19(30)31)22(34)28-7-5-6-17(28)23(35)36/h12-17H,5-11,24H2,1-4H3,(H,25,33)(H,26,29)(H,27,32)(H,30,31)(H,35,36)/t14-,15-,16-,17-/m0/s1. The zero-order chi connectivity index (χ0) is 27.6. The average Bonchev–Trinajstić information content (AvgIpc) is 3.25. The summed E-state index contributed by atoms with van der Waals surface area (Å²) in [6.45, 7) is 7.10. The van der Waals surface area contributed by atoms with Crippen LogP contribution in [0, 0.1) is 11.8 Å². The van der Waals surface area contributed by atoms with E-state index in [4.69, 9.17) is 10.8 Å². The van der Waals surface area contributed by atoms with E-state index in [1.54, 1.807) is 0 Å². The van der Waals surface area contributed by atoms with Crippen molar-refractivity contribution in [3.8, 4) is 0 Å². The van der Waals surface area contributed by atoms with Crippen LogP contribution >= 0.6 is 0 Å². The Morgan fingerprint density at radius 2 is 1.53 bits per heavy atom.